The van der Waals surface area contributed by atoms with Crippen molar-refractivity contribution in [1.29, 1.82) is 0 Å². The lowest BCUT2D eigenvalue weighted by atomic mass is 9.88. The number of ether oxygens (including phenoxy) is 1. The number of pyridine rings is 3. The van der Waals surface area contributed by atoms with Crippen LogP contribution in [0.2, 0.25) is 0 Å². The van der Waals surface area contributed by atoms with Crippen molar-refractivity contribution in [2.24, 2.45) is 0 Å². The van der Waals surface area contributed by atoms with Crippen molar-refractivity contribution in [2.75, 3.05) is 16.5 Å². The van der Waals surface area contributed by atoms with Gasteiger partial charge in [0.05, 0.1) is 28.6 Å². The SMILES string of the molecule is CC(C)(C)c1ccnc(-n2c3ccccc3c3ccc(Oc4cccc(N5CN(c6nccc7ccccc67)c6ccncc65)c4)cc32)c1. The maximum atomic E-state index is 6.61. The number of rotatable bonds is 5. The Bertz CT molecular complexity index is 2530. The summed E-state index contributed by atoms with van der Waals surface area (Å²) in [6.45, 7) is 7.28. The van der Waals surface area contributed by atoms with E-state index < -0.39 is 0 Å². The van der Waals surface area contributed by atoms with Gasteiger partial charge in [0, 0.05) is 52.6 Å². The average Bonchev–Trinajstić information content (AvgIpc) is 3.67. The van der Waals surface area contributed by atoms with Gasteiger partial charge in [0.15, 0.2) is 0 Å². The normalized spacial score (nSPS) is 13.0. The van der Waals surface area contributed by atoms with Crippen molar-refractivity contribution in [3.8, 4) is 17.3 Å². The lowest BCUT2D eigenvalue weighted by Gasteiger charge is -2.22. The van der Waals surface area contributed by atoms with Crippen molar-refractivity contribution in [2.45, 2.75) is 26.2 Å². The van der Waals surface area contributed by atoms with Crippen molar-refractivity contribution in [3.05, 3.63) is 146 Å². The Hall–Kier alpha value is -6.21. The number of benzene rings is 4. The lowest BCUT2D eigenvalue weighted by Crippen LogP contribution is -2.24. The molecule has 1 aliphatic heterocycles. The Kier molecular flexibility index (Phi) is 6.62. The molecule has 9 rings (SSSR count). The molecule has 0 amide bonds. The van der Waals surface area contributed by atoms with Gasteiger partial charge in [-0.1, -0.05) is 69.3 Å². The predicted molar refractivity (Wildman–Crippen MR) is 199 cm³/mol. The minimum absolute atomic E-state index is 0.00405. The van der Waals surface area contributed by atoms with E-state index in [1.807, 2.05) is 43.0 Å². The molecule has 0 saturated carbocycles. The highest BCUT2D eigenvalue weighted by atomic mass is 16.5. The Morgan fingerprint density at radius 2 is 1.41 bits per heavy atom. The average molecular weight is 639 g/mol. The first kappa shape index (κ1) is 29.0. The predicted octanol–water partition coefficient (Wildman–Crippen LogP) is 10.5. The largest absolute Gasteiger partial charge is 0.457 e. The molecule has 0 radical (unpaired) electrons. The van der Waals surface area contributed by atoms with Gasteiger partial charge < -0.3 is 14.5 Å². The second kappa shape index (κ2) is 11.2. The van der Waals surface area contributed by atoms with Crippen LogP contribution in [0, 0.1) is 0 Å². The van der Waals surface area contributed by atoms with E-state index in [0.717, 1.165) is 67.4 Å². The summed E-state index contributed by atoms with van der Waals surface area (Å²) in [7, 11) is 0. The molecule has 0 bridgehead atoms. The molecule has 238 valence electrons. The molecule has 0 unspecified atom stereocenters. The molecule has 0 atom stereocenters. The maximum Gasteiger partial charge on any atom is 0.142 e. The highest BCUT2D eigenvalue weighted by Gasteiger charge is 2.30. The highest BCUT2D eigenvalue weighted by molar-refractivity contribution is 6.09. The number of aromatic nitrogens is 4. The number of anilines is 4. The summed E-state index contributed by atoms with van der Waals surface area (Å²) in [6.07, 6.45) is 7.54. The third-order valence-electron chi connectivity index (χ3n) is 9.40. The molecule has 8 aromatic rings. The molecular formula is C42H34N6O. The first-order valence-electron chi connectivity index (χ1n) is 16.5. The van der Waals surface area contributed by atoms with Gasteiger partial charge in [-0.25, -0.2) is 9.97 Å². The minimum atomic E-state index is 0.00405. The van der Waals surface area contributed by atoms with E-state index in [1.54, 1.807) is 0 Å². The van der Waals surface area contributed by atoms with Crippen molar-refractivity contribution in [1.82, 2.24) is 19.5 Å². The van der Waals surface area contributed by atoms with Crippen LogP contribution >= 0.6 is 0 Å². The van der Waals surface area contributed by atoms with E-state index in [0.29, 0.717) is 6.67 Å². The summed E-state index contributed by atoms with van der Waals surface area (Å²) in [4.78, 5) is 18.6. The number of hydrogen-bond donors (Lipinski definition) is 0. The molecule has 0 N–H and O–H groups in total. The fourth-order valence-electron chi connectivity index (χ4n) is 6.95. The third-order valence-corrected chi connectivity index (χ3v) is 9.40. The zero-order valence-electron chi connectivity index (χ0n) is 27.6. The summed E-state index contributed by atoms with van der Waals surface area (Å²) in [5.41, 5.74) is 6.49. The maximum absolute atomic E-state index is 6.61. The van der Waals surface area contributed by atoms with Crippen LogP contribution in [-0.2, 0) is 5.41 Å². The molecule has 0 saturated heterocycles. The van der Waals surface area contributed by atoms with Gasteiger partial charge in [-0.05, 0) is 71.0 Å². The van der Waals surface area contributed by atoms with E-state index >= 15 is 0 Å². The standard InChI is InChI=1S/C42H34N6O/c1-42(2,3)29-18-22-44-40(23-29)48-36-14-7-6-13-34(36)35-16-15-32(25-38(35)48)49-31-11-8-10-30(24-31)46-27-47(37-19-20-43-26-39(37)46)41-33-12-5-4-9-28(33)17-21-45-41/h4-26H,27H2,1-3H3. The van der Waals surface area contributed by atoms with E-state index in [-0.39, 0.29) is 5.41 Å². The number of para-hydroxylation sites is 1. The van der Waals surface area contributed by atoms with Crippen LogP contribution in [0.15, 0.2) is 140 Å². The molecule has 0 fully saturated rings. The monoisotopic (exact) mass is 638 g/mol. The van der Waals surface area contributed by atoms with Crippen LogP contribution in [0.3, 0.4) is 0 Å². The van der Waals surface area contributed by atoms with Gasteiger partial charge in [-0.3, -0.25) is 9.55 Å². The molecule has 0 spiro atoms. The Morgan fingerprint density at radius 3 is 2.31 bits per heavy atom. The molecule has 49 heavy (non-hydrogen) atoms. The number of hydrogen-bond acceptors (Lipinski definition) is 6. The molecule has 4 aromatic heterocycles. The smallest absolute Gasteiger partial charge is 0.142 e. The molecule has 5 heterocycles. The van der Waals surface area contributed by atoms with Crippen molar-refractivity contribution >= 4 is 55.5 Å². The summed E-state index contributed by atoms with van der Waals surface area (Å²) < 4.78 is 8.85. The third kappa shape index (κ3) is 4.93. The second-order valence-electron chi connectivity index (χ2n) is 13.5. The molecule has 0 aliphatic carbocycles. The van der Waals surface area contributed by atoms with Crippen LogP contribution in [-0.4, -0.2) is 26.2 Å². The summed E-state index contributed by atoms with van der Waals surface area (Å²) >= 11 is 0. The lowest BCUT2D eigenvalue weighted by molar-refractivity contribution is 0.483. The highest BCUT2D eigenvalue weighted by Crippen LogP contribution is 2.45. The van der Waals surface area contributed by atoms with Crippen LogP contribution in [0.4, 0.5) is 22.9 Å². The Labute approximate surface area is 284 Å². The molecule has 7 nitrogen and oxygen atoms in total. The van der Waals surface area contributed by atoms with E-state index in [2.05, 4.69) is 137 Å². The first-order chi connectivity index (χ1) is 23.9. The van der Waals surface area contributed by atoms with Gasteiger partial charge in [0.2, 0.25) is 0 Å². The molecule has 1 aliphatic rings. The molecule has 7 heteroatoms. The van der Waals surface area contributed by atoms with Gasteiger partial charge in [0.1, 0.15) is 29.8 Å². The van der Waals surface area contributed by atoms with Gasteiger partial charge >= 0.3 is 0 Å². The van der Waals surface area contributed by atoms with Crippen LogP contribution in [0.1, 0.15) is 26.3 Å². The minimum Gasteiger partial charge on any atom is -0.457 e. The summed E-state index contributed by atoms with van der Waals surface area (Å²) in [5.74, 6) is 3.32. The molecular weight excluding hydrogens is 605 g/mol. The second-order valence-corrected chi connectivity index (χ2v) is 13.5. The number of fused-ring (bicyclic) bond motifs is 5. The van der Waals surface area contributed by atoms with Crippen LogP contribution in [0.25, 0.3) is 38.4 Å². The summed E-state index contributed by atoms with van der Waals surface area (Å²) in [6, 6.07) is 39.8. The Morgan fingerprint density at radius 1 is 0.612 bits per heavy atom. The van der Waals surface area contributed by atoms with E-state index in [1.165, 1.54) is 10.9 Å². The van der Waals surface area contributed by atoms with E-state index in [4.69, 9.17) is 14.7 Å². The summed E-state index contributed by atoms with van der Waals surface area (Å²) in [5, 5.41) is 4.61. The quantitative estimate of drug-likeness (QED) is 0.187. The fraction of sp³-hybridized carbons (Fsp3) is 0.119. The Balaban J connectivity index is 1.08. The zero-order chi connectivity index (χ0) is 33.1. The van der Waals surface area contributed by atoms with Crippen molar-refractivity contribution < 1.29 is 4.74 Å². The first-order valence-corrected chi connectivity index (χ1v) is 16.5. The zero-order valence-corrected chi connectivity index (χ0v) is 27.6. The number of nitrogens with zero attached hydrogens (tertiary/aromatic N) is 6. The van der Waals surface area contributed by atoms with Gasteiger partial charge in [-0.2, -0.15) is 0 Å². The topological polar surface area (TPSA) is 59.3 Å². The van der Waals surface area contributed by atoms with Crippen LogP contribution in [0.5, 0.6) is 11.5 Å². The van der Waals surface area contributed by atoms with Gasteiger partial charge in [0.25, 0.3) is 0 Å². The van der Waals surface area contributed by atoms with E-state index in [9.17, 15) is 0 Å². The fourth-order valence-corrected chi connectivity index (χ4v) is 6.95. The van der Waals surface area contributed by atoms with Crippen molar-refractivity contribution in [3.63, 3.8) is 0 Å². The van der Waals surface area contributed by atoms with Crippen LogP contribution < -0.4 is 14.5 Å². The molecule has 4 aromatic carbocycles. The van der Waals surface area contributed by atoms with Gasteiger partial charge in [-0.15, -0.1) is 0 Å².